The van der Waals surface area contributed by atoms with Crippen LogP contribution in [0.25, 0.3) is 11.3 Å². The zero-order valence-corrected chi connectivity index (χ0v) is 13.5. The lowest BCUT2D eigenvalue weighted by molar-refractivity contribution is 0.412. The Morgan fingerprint density at radius 2 is 2.25 bits per heavy atom. The molecule has 5 heteroatoms. The lowest BCUT2D eigenvalue weighted by atomic mass is 10.2. The second-order valence-electron chi connectivity index (χ2n) is 4.59. The minimum atomic E-state index is 0.116. The van der Waals surface area contributed by atoms with Gasteiger partial charge >= 0.3 is 0 Å². The molecule has 1 N–H and O–H groups in total. The predicted octanol–water partition coefficient (Wildman–Crippen LogP) is 4.17. The molecule has 1 unspecified atom stereocenters. The number of rotatable bonds is 6. The smallest absolute Gasteiger partial charge is 0.211 e. The van der Waals surface area contributed by atoms with E-state index in [9.17, 15) is 0 Å². The van der Waals surface area contributed by atoms with Gasteiger partial charge in [-0.05, 0) is 54.0 Å². The zero-order valence-electron chi connectivity index (χ0n) is 11.9. The fourth-order valence-electron chi connectivity index (χ4n) is 1.89. The molecule has 0 amide bonds. The fourth-order valence-corrected chi connectivity index (χ4v) is 2.43. The van der Waals surface area contributed by atoms with E-state index in [4.69, 9.17) is 9.15 Å². The first kappa shape index (κ1) is 15.1. The van der Waals surface area contributed by atoms with Gasteiger partial charge in [0.05, 0.1) is 23.8 Å². The number of halogens is 1. The first-order chi connectivity index (χ1) is 9.65. The minimum absolute atomic E-state index is 0.116. The Morgan fingerprint density at radius 1 is 1.45 bits per heavy atom. The van der Waals surface area contributed by atoms with Crippen molar-refractivity contribution >= 4 is 15.9 Å². The number of hydrogen-bond acceptors (Lipinski definition) is 4. The van der Waals surface area contributed by atoms with Crippen molar-refractivity contribution in [2.45, 2.75) is 26.3 Å². The summed E-state index contributed by atoms with van der Waals surface area (Å²) >= 11 is 3.48. The van der Waals surface area contributed by atoms with Crippen molar-refractivity contribution in [3.05, 3.63) is 34.8 Å². The van der Waals surface area contributed by atoms with E-state index < -0.39 is 0 Å². The van der Waals surface area contributed by atoms with Crippen LogP contribution in [0, 0.1) is 0 Å². The molecule has 1 aromatic heterocycles. The van der Waals surface area contributed by atoms with E-state index >= 15 is 0 Å². The number of aromatic nitrogens is 1. The molecule has 1 aromatic carbocycles. The summed E-state index contributed by atoms with van der Waals surface area (Å²) in [5.74, 6) is 2.26. The maximum atomic E-state index is 5.82. The molecule has 108 valence electrons. The maximum absolute atomic E-state index is 5.82. The Labute approximate surface area is 127 Å². The van der Waals surface area contributed by atoms with Crippen molar-refractivity contribution in [1.82, 2.24) is 10.3 Å². The van der Waals surface area contributed by atoms with Gasteiger partial charge in [-0.25, -0.2) is 4.98 Å². The van der Waals surface area contributed by atoms with Gasteiger partial charge in [-0.1, -0.05) is 6.92 Å². The van der Waals surface area contributed by atoms with Crippen molar-refractivity contribution in [2.24, 2.45) is 0 Å². The highest BCUT2D eigenvalue weighted by atomic mass is 79.9. The summed E-state index contributed by atoms with van der Waals surface area (Å²) in [7, 11) is 1.65. The molecule has 0 radical (unpaired) electrons. The minimum Gasteiger partial charge on any atom is -0.496 e. The summed E-state index contributed by atoms with van der Waals surface area (Å²) in [6.07, 6.45) is 2.84. The number of benzene rings is 1. The Bertz CT molecular complexity index is 569. The molecule has 2 rings (SSSR count). The van der Waals surface area contributed by atoms with Crippen LogP contribution in [-0.2, 0) is 0 Å². The van der Waals surface area contributed by atoms with Gasteiger partial charge in [-0.3, -0.25) is 0 Å². The summed E-state index contributed by atoms with van der Waals surface area (Å²) in [4.78, 5) is 4.34. The van der Waals surface area contributed by atoms with E-state index in [0.29, 0.717) is 5.89 Å². The van der Waals surface area contributed by atoms with E-state index in [2.05, 4.69) is 40.1 Å². The molecule has 0 saturated heterocycles. The van der Waals surface area contributed by atoms with Crippen molar-refractivity contribution in [3.63, 3.8) is 0 Å². The van der Waals surface area contributed by atoms with Crippen LogP contribution in [0.1, 0.15) is 32.2 Å². The molecule has 0 spiro atoms. The van der Waals surface area contributed by atoms with Crippen LogP contribution in [0.3, 0.4) is 0 Å². The number of methoxy groups -OCH3 is 1. The summed E-state index contributed by atoms with van der Waals surface area (Å²) in [5.41, 5.74) is 0.971. The Morgan fingerprint density at radius 3 is 2.90 bits per heavy atom. The number of ether oxygens (including phenoxy) is 1. The van der Waals surface area contributed by atoms with E-state index in [1.165, 1.54) is 0 Å². The monoisotopic (exact) mass is 338 g/mol. The molecular weight excluding hydrogens is 320 g/mol. The first-order valence-electron chi connectivity index (χ1n) is 6.68. The van der Waals surface area contributed by atoms with Crippen LogP contribution in [0.5, 0.6) is 5.75 Å². The molecule has 4 nitrogen and oxygen atoms in total. The van der Waals surface area contributed by atoms with Crippen LogP contribution in [0.4, 0.5) is 0 Å². The van der Waals surface area contributed by atoms with Gasteiger partial charge in [-0.2, -0.15) is 0 Å². The molecule has 0 bridgehead atoms. The number of oxazole rings is 1. The quantitative estimate of drug-likeness (QED) is 0.858. The topological polar surface area (TPSA) is 47.3 Å². The lowest BCUT2D eigenvalue weighted by Gasteiger charge is -2.08. The van der Waals surface area contributed by atoms with Crippen molar-refractivity contribution in [2.75, 3.05) is 13.7 Å². The third-order valence-corrected chi connectivity index (χ3v) is 3.65. The lowest BCUT2D eigenvalue weighted by Crippen LogP contribution is -2.19. The Hall–Kier alpha value is -1.33. The van der Waals surface area contributed by atoms with E-state index in [0.717, 1.165) is 34.5 Å². The highest BCUT2D eigenvalue weighted by molar-refractivity contribution is 9.10. The zero-order chi connectivity index (χ0) is 14.5. The average molecular weight is 339 g/mol. The summed E-state index contributed by atoms with van der Waals surface area (Å²) < 4.78 is 11.9. The van der Waals surface area contributed by atoms with E-state index in [-0.39, 0.29) is 6.04 Å². The van der Waals surface area contributed by atoms with Crippen molar-refractivity contribution < 1.29 is 9.15 Å². The average Bonchev–Trinajstić information content (AvgIpc) is 2.94. The van der Waals surface area contributed by atoms with Crippen LogP contribution in [-0.4, -0.2) is 18.6 Å². The third kappa shape index (κ3) is 3.41. The van der Waals surface area contributed by atoms with Crippen LogP contribution >= 0.6 is 15.9 Å². The van der Waals surface area contributed by atoms with Gasteiger partial charge in [0.2, 0.25) is 5.89 Å². The summed E-state index contributed by atoms with van der Waals surface area (Å²) in [5, 5.41) is 3.36. The molecule has 1 atom stereocenters. The number of nitrogens with zero attached hydrogens (tertiary/aromatic N) is 1. The Kier molecular flexibility index (Phi) is 5.20. The summed E-state index contributed by atoms with van der Waals surface area (Å²) in [6.45, 7) is 5.14. The maximum Gasteiger partial charge on any atom is 0.211 e. The molecule has 2 aromatic rings. The molecule has 0 aliphatic rings. The Balaban J connectivity index is 2.18. The number of hydrogen-bond donors (Lipinski definition) is 1. The molecule has 20 heavy (non-hydrogen) atoms. The SMILES string of the molecule is CCCNC(C)c1ncc(-c2ccc(OC)c(Br)c2)o1. The largest absolute Gasteiger partial charge is 0.496 e. The van der Waals surface area contributed by atoms with Crippen LogP contribution in [0.15, 0.2) is 33.3 Å². The highest BCUT2D eigenvalue weighted by Crippen LogP contribution is 2.31. The van der Waals surface area contributed by atoms with Crippen molar-refractivity contribution in [3.8, 4) is 17.1 Å². The van der Waals surface area contributed by atoms with Crippen molar-refractivity contribution in [1.29, 1.82) is 0 Å². The van der Waals surface area contributed by atoms with Gasteiger partial charge in [-0.15, -0.1) is 0 Å². The molecule has 0 aliphatic heterocycles. The normalized spacial score (nSPS) is 12.4. The predicted molar refractivity (Wildman–Crippen MR) is 82.9 cm³/mol. The highest BCUT2D eigenvalue weighted by Gasteiger charge is 2.13. The molecule has 0 saturated carbocycles. The fraction of sp³-hybridized carbons (Fsp3) is 0.400. The van der Waals surface area contributed by atoms with Gasteiger partial charge < -0.3 is 14.5 Å². The molecule has 0 aliphatic carbocycles. The summed E-state index contributed by atoms with van der Waals surface area (Å²) in [6, 6.07) is 5.94. The van der Waals surface area contributed by atoms with Crippen LogP contribution in [0.2, 0.25) is 0 Å². The van der Waals surface area contributed by atoms with Gasteiger partial charge in [0.15, 0.2) is 5.76 Å². The van der Waals surface area contributed by atoms with Gasteiger partial charge in [0.1, 0.15) is 5.75 Å². The standard InChI is InChI=1S/C15H19BrN2O2/c1-4-7-17-10(2)15-18-9-14(20-15)11-5-6-13(19-3)12(16)8-11/h5-6,8-10,17H,4,7H2,1-3H3. The second kappa shape index (κ2) is 6.90. The first-order valence-corrected chi connectivity index (χ1v) is 7.48. The molecule has 1 heterocycles. The molecule has 0 fully saturated rings. The van der Waals surface area contributed by atoms with Gasteiger partial charge in [0.25, 0.3) is 0 Å². The number of nitrogens with one attached hydrogen (secondary N) is 1. The van der Waals surface area contributed by atoms with E-state index in [1.807, 2.05) is 18.2 Å². The van der Waals surface area contributed by atoms with E-state index in [1.54, 1.807) is 13.3 Å². The second-order valence-corrected chi connectivity index (χ2v) is 5.44. The van der Waals surface area contributed by atoms with Gasteiger partial charge in [0, 0.05) is 5.56 Å². The van der Waals surface area contributed by atoms with Crippen LogP contribution < -0.4 is 10.1 Å². The third-order valence-electron chi connectivity index (χ3n) is 3.03. The molecular formula is C15H19BrN2O2.